The maximum absolute atomic E-state index is 10.8. The molecule has 3 nitrogen and oxygen atoms in total. The van der Waals surface area contributed by atoms with E-state index in [1.807, 2.05) is 0 Å². The van der Waals surface area contributed by atoms with Gasteiger partial charge in [-0.3, -0.25) is 0 Å². The van der Waals surface area contributed by atoms with Gasteiger partial charge in [-0.1, -0.05) is 20.8 Å². The minimum absolute atomic E-state index is 0.0718. The van der Waals surface area contributed by atoms with Crippen LogP contribution in [0.1, 0.15) is 36.7 Å². The quantitative estimate of drug-likeness (QED) is 0.791. The fraction of sp³-hybridized carbons (Fsp3) is 0.462. The minimum atomic E-state index is -0.887. The number of ether oxygens (including phenoxy) is 1. The highest BCUT2D eigenvalue weighted by molar-refractivity contribution is 5.88. The SMILES string of the molecule is CC(C)(C)C1Cc2cc(C(=O)O)ccc2O1. The number of fused-ring (bicyclic) bond motifs is 1. The number of hydrogen-bond donors (Lipinski definition) is 1. The zero-order valence-electron chi connectivity index (χ0n) is 9.78. The van der Waals surface area contributed by atoms with Gasteiger partial charge >= 0.3 is 5.97 Å². The number of benzene rings is 1. The summed E-state index contributed by atoms with van der Waals surface area (Å²) < 4.78 is 5.81. The van der Waals surface area contributed by atoms with Crippen molar-refractivity contribution in [2.45, 2.75) is 33.3 Å². The van der Waals surface area contributed by atoms with Crippen LogP contribution in [0.3, 0.4) is 0 Å². The predicted molar refractivity (Wildman–Crippen MR) is 61.0 cm³/mol. The Hall–Kier alpha value is -1.51. The van der Waals surface area contributed by atoms with E-state index in [2.05, 4.69) is 20.8 Å². The summed E-state index contributed by atoms with van der Waals surface area (Å²) in [6, 6.07) is 5.06. The van der Waals surface area contributed by atoms with Crippen LogP contribution in [-0.2, 0) is 6.42 Å². The summed E-state index contributed by atoms with van der Waals surface area (Å²) >= 11 is 0. The molecule has 3 heteroatoms. The van der Waals surface area contributed by atoms with Gasteiger partial charge in [-0.25, -0.2) is 4.79 Å². The van der Waals surface area contributed by atoms with Crippen LogP contribution in [0.25, 0.3) is 0 Å². The Morgan fingerprint density at radius 1 is 1.44 bits per heavy atom. The van der Waals surface area contributed by atoms with Crippen LogP contribution >= 0.6 is 0 Å². The molecule has 1 heterocycles. The van der Waals surface area contributed by atoms with Crippen LogP contribution < -0.4 is 4.74 Å². The van der Waals surface area contributed by atoms with E-state index in [1.165, 1.54) is 0 Å². The molecule has 1 unspecified atom stereocenters. The first-order valence-corrected chi connectivity index (χ1v) is 5.41. The minimum Gasteiger partial charge on any atom is -0.489 e. The van der Waals surface area contributed by atoms with Crippen molar-refractivity contribution in [1.82, 2.24) is 0 Å². The fourth-order valence-electron chi connectivity index (χ4n) is 1.86. The Labute approximate surface area is 95.0 Å². The van der Waals surface area contributed by atoms with Gasteiger partial charge in [-0.15, -0.1) is 0 Å². The van der Waals surface area contributed by atoms with Gasteiger partial charge in [0.25, 0.3) is 0 Å². The van der Waals surface area contributed by atoms with Crippen LogP contribution in [0.2, 0.25) is 0 Å². The molecule has 1 aliphatic heterocycles. The van der Waals surface area contributed by atoms with E-state index in [0.29, 0.717) is 5.56 Å². The first kappa shape index (κ1) is 11.0. The normalized spacial score (nSPS) is 19.1. The van der Waals surface area contributed by atoms with E-state index >= 15 is 0 Å². The molecule has 2 rings (SSSR count). The summed E-state index contributed by atoms with van der Waals surface area (Å²) in [7, 11) is 0. The third kappa shape index (κ3) is 1.90. The second-order valence-corrected chi connectivity index (χ2v) is 5.30. The van der Waals surface area contributed by atoms with Crippen LogP contribution in [0, 0.1) is 5.41 Å². The summed E-state index contributed by atoms with van der Waals surface area (Å²) in [6.45, 7) is 6.38. The van der Waals surface area contributed by atoms with Gasteiger partial charge in [0.15, 0.2) is 0 Å². The maximum Gasteiger partial charge on any atom is 0.335 e. The molecule has 1 aliphatic rings. The zero-order valence-corrected chi connectivity index (χ0v) is 9.78. The van der Waals surface area contributed by atoms with Crippen LogP contribution in [0.5, 0.6) is 5.75 Å². The molecule has 0 amide bonds. The number of carboxylic acid groups (broad SMARTS) is 1. The molecular weight excluding hydrogens is 204 g/mol. The molecule has 1 aromatic carbocycles. The molecule has 1 atom stereocenters. The number of hydrogen-bond acceptors (Lipinski definition) is 2. The average molecular weight is 220 g/mol. The van der Waals surface area contributed by atoms with Crippen molar-refractivity contribution in [2.75, 3.05) is 0 Å². The highest BCUT2D eigenvalue weighted by Gasteiger charge is 2.33. The highest BCUT2D eigenvalue weighted by atomic mass is 16.5. The third-order valence-electron chi connectivity index (χ3n) is 2.95. The standard InChI is InChI=1S/C13H16O3/c1-13(2,3)11-7-9-6-8(12(14)15)4-5-10(9)16-11/h4-6,11H,7H2,1-3H3,(H,14,15). The monoisotopic (exact) mass is 220 g/mol. The second-order valence-electron chi connectivity index (χ2n) is 5.30. The number of carbonyl (C=O) groups is 1. The highest BCUT2D eigenvalue weighted by Crippen LogP contribution is 2.36. The molecule has 1 N–H and O–H groups in total. The second kappa shape index (κ2) is 3.51. The van der Waals surface area contributed by atoms with E-state index in [-0.39, 0.29) is 11.5 Å². The molecule has 0 spiro atoms. The molecule has 0 aliphatic carbocycles. The molecule has 0 aromatic heterocycles. The van der Waals surface area contributed by atoms with Crippen molar-refractivity contribution < 1.29 is 14.6 Å². The van der Waals surface area contributed by atoms with E-state index in [0.717, 1.165) is 17.7 Å². The summed E-state index contributed by atoms with van der Waals surface area (Å²) in [6.07, 6.45) is 0.923. The summed E-state index contributed by atoms with van der Waals surface area (Å²) in [5.74, 6) is -0.0630. The molecule has 0 saturated heterocycles. The summed E-state index contributed by atoms with van der Waals surface area (Å²) in [4.78, 5) is 10.8. The van der Waals surface area contributed by atoms with Gasteiger partial charge in [0, 0.05) is 6.42 Å². The van der Waals surface area contributed by atoms with Gasteiger partial charge in [0.05, 0.1) is 5.56 Å². The van der Waals surface area contributed by atoms with Gasteiger partial charge in [-0.2, -0.15) is 0 Å². The molecule has 16 heavy (non-hydrogen) atoms. The number of aromatic carboxylic acids is 1. The maximum atomic E-state index is 10.8. The smallest absolute Gasteiger partial charge is 0.335 e. The average Bonchev–Trinajstić information content (AvgIpc) is 2.58. The van der Waals surface area contributed by atoms with Crippen molar-refractivity contribution in [3.63, 3.8) is 0 Å². The molecular formula is C13H16O3. The fourth-order valence-corrected chi connectivity index (χ4v) is 1.86. The van der Waals surface area contributed by atoms with Crippen LogP contribution in [-0.4, -0.2) is 17.2 Å². The zero-order chi connectivity index (χ0) is 11.9. The number of rotatable bonds is 1. The van der Waals surface area contributed by atoms with Crippen molar-refractivity contribution in [3.05, 3.63) is 29.3 Å². The lowest BCUT2D eigenvalue weighted by atomic mass is 9.86. The van der Waals surface area contributed by atoms with Crippen molar-refractivity contribution in [1.29, 1.82) is 0 Å². The molecule has 0 bridgehead atoms. The lowest BCUT2D eigenvalue weighted by Gasteiger charge is -2.25. The van der Waals surface area contributed by atoms with Crippen LogP contribution in [0.4, 0.5) is 0 Å². The first-order valence-electron chi connectivity index (χ1n) is 5.41. The lowest BCUT2D eigenvalue weighted by molar-refractivity contribution is 0.0697. The van der Waals surface area contributed by atoms with Crippen molar-refractivity contribution in [2.24, 2.45) is 5.41 Å². The topological polar surface area (TPSA) is 46.5 Å². The first-order chi connectivity index (χ1) is 7.38. The Morgan fingerprint density at radius 2 is 2.12 bits per heavy atom. The molecule has 86 valence electrons. The Balaban J connectivity index is 2.28. The largest absolute Gasteiger partial charge is 0.489 e. The molecule has 0 fully saturated rings. The van der Waals surface area contributed by atoms with Crippen molar-refractivity contribution in [3.8, 4) is 5.75 Å². The van der Waals surface area contributed by atoms with Gasteiger partial charge < -0.3 is 9.84 Å². The lowest BCUT2D eigenvalue weighted by Crippen LogP contribution is -2.30. The van der Waals surface area contributed by atoms with Crippen LogP contribution in [0.15, 0.2) is 18.2 Å². The van der Waals surface area contributed by atoms with E-state index in [1.54, 1.807) is 18.2 Å². The molecule has 0 radical (unpaired) electrons. The predicted octanol–water partition coefficient (Wildman–Crippen LogP) is 2.73. The Bertz CT molecular complexity index is 429. The van der Waals surface area contributed by atoms with E-state index < -0.39 is 5.97 Å². The van der Waals surface area contributed by atoms with Gasteiger partial charge in [-0.05, 0) is 29.2 Å². The Morgan fingerprint density at radius 3 is 2.69 bits per heavy atom. The summed E-state index contributed by atoms with van der Waals surface area (Å²) in [5, 5.41) is 8.90. The van der Waals surface area contributed by atoms with Crippen molar-refractivity contribution >= 4 is 5.97 Å². The third-order valence-corrected chi connectivity index (χ3v) is 2.95. The number of carboxylic acids is 1. The summed E-state index contributed by atoms with van der Waals surface area (Å²) in [5.41, 5.74) is 1.40. The molecule has 1 aromatic rings. The molecule has 0 saturated carbocycles. The van der Waals surface area contributed by atoms with Gasteiger partial charge in [0.2, 0.25) is 0 Å². The van der Waals surface area contributed by atoms with E-state index in [9.17, 15) is 4.79 Å². The van der Waals surface area contributed by atoms with Gasteiger partial charge in [0.1, 0.15) is 11.9 Å². The van der Waals surface area contributed by atoms with E-state index in [4.69, 9.17) is 9.84 Å². The Kier molecular flexibility index (Phi) is 2.41.